The van der Waals surface area contributed by atoms with Crippen molar-refractivity contribution in [2.45, 2.75) is 18.9 Å². The van der Waals surface area contributed by atoms with Crippen LogP contribution in [0, 0.1) is 11.3 Å². The molecule has 0 aliphatic carbocycles. The molecular weight excluding hydrogens is 414 g/mol. The van der Waals surface area contributed by atoms with Gasteiger partial charge in [0, 0.05) is 18.7 Å². The van der Waals surface area contributed by atoms with E-state index in [1.165, 1.54) is 6.33 Å². The number of piperidine rings is 1. The van der Waals surface area contributed by atoms with Crippen molar-refractivity contribution < 1.29 is 4.74 Å². The van der Waals surface area contributed by atoms with Crippen molar-refractivity contribution in [2.24, 2.45) is 0 Å². The number of nitrogens with two attached hydrogens (primary N) is 1. The van der Waals surface area contributed by atoms with Gasteiger partial charge in [0.2, 0.25) is 0 Å². The molecule has 8 nitrogen and oxygen atoms in total. The van der Waals surface area contributed by atoms with Gasteiger partial charge in [0.05, 0.1) is 11.4 Å². The molecule has 2 N–H and O–H groups in total. The SMILES string of the molecule is C=C(C#N)N1CCCC(n2nc(-c3ccc(Oc4ccccc4)cc3)c3c(N)ncnc32)C1. The van der Waals surface area contributed by atoms with E-state index in [0.29, 0.717) is 23.7 Å². The quantitative estimate of drug-likeness (QED) is 0.457. The number of aromatic nitrogens is 4. The number of hydrogen-bond donors (Lipinski definition) is 1. The lowest BCUT2D eigenvalue weighted by atomic mass is 10.1. The standard InChI is InChI=1S/C25H23N7O/c1-17(14-26)31-13-5-6-19(15-31)32-25-22(24(27)28-16-29-25)23(30-32)18-9-11-21(12-10-18)33-20-7-3-2-4-8-20/h2-4,7-12,16,19H,1,5-6,13,15H2,(H2,27,28,29). The lowest BCUT2D eigenvalue weighted by molar-refractivity contribution is 0.219. The van der Waals surface area contributed by atoms with Gasteiger partial charge in [-0.3, -0.25) is 0 Å². The van der Waals surface area contributed by atoms with Crippen LogP contribution >= 0.6 is 0 Å². The Labute approximate surface area is 191 Å². The van der Waals surface area contributed by atoms with Crippen molar-refractivity contribution in [3.8, 4) is 28.8 Å². The third-order valence-corrected chi connectivity index (χ3v) is 5.88. The number of allylic oxidation sites excluding steroid dienone is 1. The summed E-state index contributed by atoms with van der Waals surface area (Å²) in [4.78, 5) is 10.7. The highest BCUT2D eigenvalue weighted by Crippen LogP contribution is 2.35. The molecule has 2 aromatic heterocycles. The molecule has 33 heavy (non-hydrogen) atoms. The van der Waals surface area contributed by atoms with Crippen LogP contribution in [0.1, 0.15) is 18.9 Å². The predicted octanol–water partition coefficient (Wildman–Crippen LogP) is 4.54. The number of para-hydroxylation sites is 1. The summed E-state index contributed by atoms with van der Waals surface area (Å²) < 4.78 is 7.84. The molecule has 1 aliphatic heterocycles. The van der Waals surface area contributed by atoms with Crippen molar-refractivity contribution in [2.75, 3.05) is 18.8 Å². The summed E-state index contributed by atoms with van der Waals surface area (Å²) in [5, 5.41) is 14.9. The van der Waals surface area contributed by atoms with E-state index in [4.69, 9.17) is 15.6 Å². The Bertz CT molecular complexity index is 1340. The van der Waals surface area contributed by atoms with Crippen LogP contribution in [0.25, 0.3) is 22.3 Å². The number of likely N-dealkylation sites (tertiary alicyclic amines) is 1. The van der Waals surface area contributed by atoms with Gasteiger partial charge in [0.25, 0.3) is 0 Å². The lowest BCUT2D eigenvalue weighted by Crippen LogP contribution is -2.35. The van der Waals surface area contributed by atoms with Gasteiger partial charge in [-0.1, -0.05) is 24.8 Å². The minimum atomic E-state index is 0.0510. The fourth-order valence-electron chi connectivity index (χ4n) is 4.23. The molecular formula is C25H23N7O. The van der Waals surface area contributed by atoms with E-state index in [2.05, 4.69) is 22.6 Å². The zero-order valence-electron chi connectivity index (χ0n) is 18.1. The highest BCUT2D eigenvalue weighted by molar-refractivity contribution is 5.98. The number of nitrogens with zero attached hydrogens (tertiary/aromatic N) is 6. The molecule has 1 aliphatic rings. The average Bonchev–Trinajstić information content (AvgIpc) is 3.26. The van der Waals surface area contributed by atoms with Crippen LogP contribution in [0.3, 0.4) is 0 Å². The summed E-state index contributed by atoms with van der Waals surface area (Å²) in [7, 11) is 0. The van der Waals surface area contributed by atoms with Crippen LogP contribution in [0.15, 0.2) is 73.2 Å². The average molecular weight is 438 g/mol. The molecule has 164 valence electrons. The Kier molecular flexibility index (Phi) is 5.37. The Morgan fingerprint density at radius 2 is 1.85 bits per heavy atom. The molecule has 0 bridgehead atoms. The zero-order valence-corrected chi connectivity index (χ0v) is 18.1. The summed E-state index contributed by atoms with van der Waals surface area (Å²) >= 11 is 0. The molecule has 8 heteroatoms. The molecule has 1 unspecified atom stereocenters. The maximum absolute atomic E-state index is 9.26. The number of nitrogen functional groups attached to an aromatic ring is 1. The molecule has 0 spiro atoms. The largest absolute Gasteiger partial charge is 0.457 e. The summed E-state index contributed by atoms with van der Waals surface area (Å²) in [5.74, 6) is 1.90. The molecule has 2 aromatic carbocycles. The van der Waals surface area contributed by atoms with Gasteiger partial charge in [0.15, 0.2) is 5.65 Å². The van der Waals surface area contributed by atoms with Gasteiger partial charge in [-0.2, -0.15) is 10.4 Å². The second-order valence-electron chi connectivity index (χ2n) is 7.99. The number of anilines is 1. The third kappa shape index (κ3) is 3.96. The zero-order chi connectivity index (χ0) is 22.8. The minimum absolute atomic E-state index is 0.0510. The van der Waals surface area contributed by atoms with Gasteiger partial charge < -0.3 is 15.4 Å². The van der Waals surface area contributed by atoms with Crippen LogP contribution in [0.5, 0.6) is 11.5 Å². The van der Waals surface area contributed by atoms with Crippen molar-refractivity contribution >= 4 is 16.9 Å². The van der Waals surface area contributed by atoms with E-state index in [1.54, 1.807) is 0 Å². The van der Waals surface area contributed by atoms with Crippen molar-refractivity contribution in [1.29, 1.82) is 5.26 Å². The summed E-state index contributed by atoms with van der Waals surface area (Å²) in [6, 6.07) is 19.6. The smallest absolute Gasteiger partial charge is 0.164 e. The first-order valence-electron chi connectivity index (χ1n) is 10.8. The number of rotatable bonds is 5. The Morgan fingerprint density at radius 3 is 2.61 bits per heavy atom. The van der Waals surface area contributed by atoms with Gasteiger partial charge in [-0.05, 0) is 49.2 Å². The number of hydrogen-bond acceptors (Lipinski definition) is 7. The second-order valence-corrected chi connectivity index (χ2v) is 7.99. The molecule has 0 radical (unpaired) electrons. The van der Waals surface area contributed by atoms with Crippen LogP contribution in [0.4, 0.5) is 5.82 Å². The molecule has 1 fully saturated rings. The summed E-state index contributed by atoms with van der Waals surface area (Å²) in [6.45, 7) is 5.33. The number of ether oxygens (including phenoxy) is 1. The summed E-state index contributed by atoms with van der Waals surface area (Å²) in [6.07, 6.45) is 3.33. The van der Waals surface area contributed by atoms with Crippen LogP contribution in [-0.4, -0.2) is 37.7 Å². The summed E-state index contributed by atoms with van der Waals surface area (Å²) in [5.41, 5.74) is 9.06. The van der Waals surface area contributed by atoms with Gasteiger partial charge in [-0.25, -0.2) is 14.6 Å². The maximum Gasteiger partial charge on any atom is 0.164 e. The second kappa shape index (κ2) is 8.63. The van der Waals surface area contributed by atoms with E-state index in [9.17, 15) is 5.26 Å². The topological polar surface area (TPSA) is 106 Å². The first kappa shape index (κ1) is 20.5. The van der Waals surface area contributed by atoms with E-state index < -0.39 is 0 Å². The third-order valence-electron chi connectivity index (χ3n) is 5.88. The molecule has 3 heterocycles. The number of fused-ring (bicyclic) bond motifs is 1. The van der Waals surface area contributed by atoms with Gasteiger partial charge in [-0.15, -0.1) is 0 Å². The Hall–Kier alpha value is -4.38. The van der Waals surface area contributed by atoms with Crippen LogP contribution in [-0.2, 0) is 0 Å². The van der Waals surface area contributed by atoms with E-state index in [0.717, 1.165) is 47.5 Å². The number of nitriles is 1. The molecule has 0 amide bonds. The first-order valence-corrected chi connectivity index (χ1v) is 10.8. The minimum Gasteiger partial charge on any atom is -0.457 e. The molecule has 5 rings (SSSR count). The fourth-order valence-corrected chi connectivity index (χ4v) is 4.23. The Morgan fingerprint density at radius 1 is 1.09 bits per heavy atom. The van der Waals surface area contributed by atoms with Crippen molar-refractivity contribution in [3.63, 3.8) is 0 Å². The molecule has 1 atom stereocenters. The van der Waals surface area contributed by atoms with E-state index >= 15 is 0 Å². The van der Waals surface area contributed by atoms with Gasteiger partial charge >= 0.3 is 0 Å². The molecule has 1 saturated heterocycles. The van der Waals surface area contributed by atoms with Crippen LogP contribution in [0.2, 0.25) is 0 Å². The monoisotopic (exact) mass is 437 g/mol. The normalized spacial score (nSPS) is 15.8. The highest BCUT2D eigenvalue weighted by atomic mass is 16.5. The molecule has 0 saturated carbocycles. The Balaban J connectivity index is 1.50. The first-order chi connectivity index (χ1) is 16.1. The molecule has 4 aromatic rings. The fraction of sp³-hybridized carbons (Fsp3) is 0.200. The lowest BCUT2D eigenvalue weighted by Gasteiger charge is -2.33. The highest BCUT2D eigenvalue weighted by Gasteiger charge is 2.27. The van der Waals surface area contributed by atoms with E-state index in [-0.39, 0.29) is 6.04 Å². The number of benzene rings is 2. The van der Waals surface area contributed by atoms with E-state index in [1.807, 2.05) is 64.2 Å². The van der Waals surface area contributed by atoms with Gasteiger partial charge in [0.1, 0.15) is 41.1 Å². The van der Waals surface area contributed by atoms with Crippen LogP contribution < -0.4 is 10.5 Å². The maximum atomic E-state index is 9.26. The predicted molar refractivity (Wildman–Crippen MR) is 126 cm³/mol. The van der Waals surface area contributed by atoms with Crippen molar-refractivity contribution in [3.05, 3.63) is 73.2 Å². The van der Waals surface area contributed by atoms with Crippen molar-refractivity contribution in [1.82, 2.24) is 24.6 Å².